The molecule has 2 nitrogen and oxygen atoms in total. The highest BCUT2D eigenvalue weighted by Gasteiger charge is 2.24. The zero-order chi connectivity index (χ0) is 9.14. The van der Waals surface area contributed by atoms with Gasteiger partial charge >= 0.3 is 5.97 Å². The molecule has 2 heteroatoms. The van der Waals surface area contributed by atoms with Gasteiger partial charge in [0, 0.05) is 0 Å². The fourth-order valence-corrected chi connectivity index (χ4v) is 1.52. The van der Waals surface area contributed by atoms with Crippen LogP contribution >= 0.6 is 0 Å². The van der Waals surface area contributed by atoms with Gasteiger partial charge in [-0.2, -0.15) is 0 Å². The first-order chi connectivity index (χ1) is 5.61. The van der Waals surface area contributed by atoms with E-state index >= 15 is 0 Å². The molecule has 0 aliphatic carbocycles. The summed E-state index contributed by atoms with van der Waals surface area (Å²) in [4.78, 5) is 11.2. The first-order valence-electron chi connectivity index (χ1n) is 4.78. The lowest BCUT2D eigenvalue weighted by Crippen LogP contribution is -2.15. The van der Waals surface area contributed by atoms with Gasteiger partial charge in [0.15, 0.2) is 0 Å². The van der Waals surface area contributed by atoms with E-state index in [1.807, 2.05) is 6.92 Å². The lowest BCUT2D eigenvalue weighted by Gasteiger charge is -2.16. The molecule has 0 N–H and O–H groups in total. The Bertz CT molecular complexity index is 163. The highest BCUT2D eigenvalue weighted by Crippen LogP contribution is 2.24. The van der Waals surface area contributed by atoms with Gasteiger partial charge in [0.25, 0.3) is 0 Å². The van der Waals surface area contributed by atoms with Gasteiger partial charge in [-0.1, -0.05) is 20.8 Å². The Morgan fingerprint density at radius 1 is 1.42 bits per heavy atom. The van der Waals surface area contributed by atoms with E-state index in [-0.39, 0.29) is 11.9 Å². The van der Waals surface area contributed by atoms with Gasteiger partial charge in [-0.25, -0.2) is 0 Å². The lowest BCUT2D eigenvalue weighted by atomic mass is 9.90. The normalized spacial score (nSPS) is 31.5. The summed E-state index contributed by atoms with van der Waals surface area (Å²) in [5, 5.41) is 0. The zero-order valence-corrected chi connectivity index (χ0v) is 8.17. The van der Waals surface area contributed by atoms with E-state index in [1.54, 1.807) is 0 Å². The van der Waals surface area contributed by atoms with Crippen molar-refractivity contribution in [3.8, 4) is 0 Å². The van der Waals surface area contributed by atoms with Crippen molar-refractivity contribution in [1.29, 1.82) is 0 Å². The maximum absolute atomic E-state index is 11.2. The quantitative estimate of drug-likeness (QED) is 0.564. The number of ether oxygens (including phenoxy) is 1. The van der Waals surface area contributed by atoms with E-state index < -0.39 is 0 Å². The second-order valence-electron chi connectivity index (χ2n) is 4.11. The standard InChI is InChI=1S/C10H18O2/c1-7(2)9-5-4-8(3)10(11)12-6-9/h7-9H,4-6H2,1-3H3/t8-,9-/m1/s1. The Balaban J connectivity index is 2.49. The molecular weight excluding hydrogens is 152 g/mol. The maximum atomic E-state index is 11.2. The highest BCUT2D eigenvalue weighted by molar-refractivity contribution is 5.72. The molecule has 1 heterocycles. The average molecular weight is 170 g/mol. The summed E-state index contributed by atoms with van der Waals surface area (Å²) in [6.07, 6.45) is 2.12. The summed E-state index contributed by atoms with van der Waals surface area (Å²) in [5.41, 5.74) is 0. The summed E-state index contributed by atoms with van der Waals surface area (Å²) in [6.45, 7) is 6.95. The second-order valence-corrected chi connectivity index (χ2v) is 4.11. The van der Waals surface area contributed by atoms with Gasteiger partial charge in [-0.3, -0.25) is 4.79 Å². The minimum absolute atomic E-state index is 0.0156. The Morgan fingerprint density at radius 3 is 2.67 bits per heavy atom. The SMILES string of the molecule is CC(C)[C@@H]1CC[C@@H](C)C(=O)OC1. The predicted molar refractivity (Wildman–Crippen MR) is 47.7 cm³/mol. The number of esters is 1. The van der Waals surface area contributed by atoms with Crippen molar-refractivity contribution in [2.24, 2.45) is 17.8 Å². The molecule has 0 aromatic carbocycles. The van der Waals surface area contributed by atoms with Crippen molar-refractivity contribution < 1.29 is 9.53 Å². The van der Waals surface area contributed by atoms with E-state index in [2.05, 4.69) is 13.8 Å². The van der Waals surface area contributed by atoms with Crippen molar-refractivity contribution in [3.05, 3.63) is 0 Å². The largest absolute Gasteiger partial charge is 0.465 e. The molecule has 1 aliphatic rings. The smallest absolute Gasteiger partial charge is 0.308 e. The fourth-order valence-electron chi connectivity index (χ4n) is 1.52. The van der Waals surface area contributed by atoms with Gasteiger partial charge in [0.05, 0.1) is 12.5 Å². The van der Waals surface area contributed by atoms with E-state index in [4.69, 9.17) is 4.74 Å². The van der Waals surface area contributed by atoms with Gasteiger partial charge in [-0.15, -0.1) is 0 Å². The summed E-state index contributed by atoms with van der Waals surface area (Å²) in [6, 6.07) is 0. The molecular formula is C10H18O2. The Kier molecular flexibility index (Phi) is 3.12. The van der Waals surface area contributed by atoms with Crippen LogP contribution in [0.15, 0.2) is 0 Å². The topological polar surface area (TPSA) is 26.3 Å². The van der Waals surface area contributed by atoms with Gasteiger partial charge in [0.2, 0.25) is 0 Å². The highest BCUT2D eigenvalue weighted by atomic mass is 16.5. The Labute approximate surface area is 74.3 Å². The molecule has 2 atom stereocenters. The lowest BCUT2D eigenvalue weighted by molar-refractivity contribution is -0.147. The van der Waals surface area contributed by atoms with Crippen molar-refractivity contribution >= 4 is 5.97 Å². The molecule has 0 aromatic rings. The predicted octanol–water partition coefficient (Wildman–Crippen LogP) is 2.23. The first kappa shape index (κ1) is 9.56. The van der Waals surface area contributed by atoms with Crippen LogP contribution in [0.3, 0.4) is 0 Å². The molecule has 1 saturated heterocycles. The number of cyclic esters (lactones) is 1. The Hall–Kier alpha value is -0.530. The van der Waals surface area contributed by atoms with Gasteiger partial charge < -0.3 is 4.74 Å². The molecule has 0 saturated carbocycles. The van der Waals surface area contributed by atoms with Crippen molar-refractivity contribution in [2.75, 3.05) is 6.61 Å². The maximum Gasteiger partial charge on any atom is 0.308 e. The van der Waals surface area contributed by atoms with Gasteiger partial charge in [-0.05, 0) is 24.7 Å². The first-order valence-corrected chi connectivity index (χ1v) is 4.78. The van der Waals surface area contributed by atoms with E-state index in [1.165, 1.54) is 0 Å². The van der Waals surface area contributed by atoms with Crippen LogP contribution in [-0.2, 0) is 9.53 Å². The molecule has 0 unspecified atom stereocenters. The zero-order valence-electron chi connectivity index (χ0n) is 8.17. The molecule has 1 rings (SSSR count). The Morgan fingerprint density at radius 2 is 2.08 bits per heavy atom. The second kappa shape index (κ2) is 3.92. The molecule has 0 aromatic heterocycles. The number of carbonyl (C=O) groups excluding carboxylic acids is 1. The average Bonchev–Trinajstić information content (AvgIpc) is 2.16. The van der Waals surface area contributed by atoms with E-state index in [0.29, 0.717) is 18.4 Å². The van der Waals surface area contributed by atoms with Crippen LogP contribution in [0, 0.1) is 17.8 Å². The minimum atomic E-state index is -0.0156. The van der Waals surface area contributed by atoms with Crippen molar-refractivity contribution in [2.45, 2.75) is 33.6 Å². The number of carbonyl (C=O) groups is 1. The molecule has 0 bridgehead atoms. The summed E-state index contributed by atoms with van der Waals surface area (Å²) in [5.74, 6) is 1.29. The van der Waals surface area contributed by atoms with Gasteiger partial charge in [0.1, 0.15) is 0 Å². The van der Waals surface area contributed by atoms with Crippen LogP contribution in [0.2, 0.25) is 0 Å². The van der Waals surface area contributed by atoms with Crippen LogP contribution in [0.25, 0.3) is 0 Å². The third-order valence-electron chi connectivity index (χ3n) is 2.76. The third kappa shape index (κ3) is 2.23. The number of hydrogen-bond donors (Lipinski definition) is 0. The van der Waals surface area contributed by atoms with Crippen LogP contribution in [0.4, 0.5) is 0 Å². The number of rotatable bonds is 1. The van der Waals surface area contributed by atoms with Crippen LogP contribution in [0.5, 0.6) is 0 Å². The molecule has 0 radical (unpaired) electrons. The third-order valence-corrected chi connectivity index (χ3v) is 2.76. The summed E-state index contributed by atoms with van der Waals surface area (Å²) < 4.78 is 5.15. The van der Waals surface area contributed by atoms with Crippen molar-refractivity contribution in [1.82, 2.24) is 0 Å². The van der Waals surface area contributed by atoms with Crippen molar-refractivity contribution in [3.63, 3.8) is 0 Å². The summed E-state index contributed by atoms with van der Waals surface area (Å²) >= 11 is 0. The van der Waals surface area contributed by atoms with Crippen LogP contribution < -0.4 is 0 Å². The molecule has 70 valence electrons. The van der Waals surface area contributed by atoms with E-state index in [0.717, 1.165) is 12.8 Å². The molecule has 1 aliphatic heterocycles. The molecule has 12 heavy (non-hydrogen) atoms. The van der Waals surface area contributed by atoms with E-state index in [9.17, 15) is 4.79 Å². The van der Waals surface area contributed by atoms with Crippen LogP contribution in [0.1, 0.15) is 33.6 Å². The molecule has 1 fully saturated rings. The molecule has 0 amide bonds. The number of hydrogen-bond acceptors (Lipinski definition) is 2. The monoisotopic (exact) mass is 170 g/mol. The summed E-state index contributed by atoms with van der Waals surface area (Å²) in [7, 11) is 0. The fraction of sp³-hybridized carbons (Fsp3) is 0.900. The van der Waals surface area contributed by atoms with Crippen LogP contribution in [-0.4, -0.2) is 12.6 Å². The molecule has 0 spiro atoms. The minimum Gasteiger partial charge on any atom is -0.465 e.